The third-order valence-corrected chi connectivity index (χ3v) is 6.41. The molecule has 4 rings (SSSR count). The molecule has 1 aliphatic rings. The Balaban J connectivity index is 1.89. The fourth-order valence-corrected chi connectivity index (χ4v) is 4.65. The monoisotopic (exact) mass is 449 g/mol. The Morgan fingerprint density at radius 2 is 1.78 bits per heavy atom. The van der Waals surface area contributed by atoms with Crippen LogP contribution in [0, 0.1) is 6.92 Å². The van der Waals surface area contributed by atoms with Gasteiger partial charge >= 0.3 is 0 Å². The van der Waals surface area contributed by atoms with E-state index in [-0.39, 0.29) is 17.9 Å². The SMILES string of the molecule is COc1cccc(C2/C(=C(/O)c3ccc(OC)cc3C)C(=O)C(=O)N2Cc2cccs2)c1. The average Bonchev–Trinajstić information content (AvgIpc) is 3.41. The summed E-state index contributed by atoms with van der Waals surface area (Å²) in [4.78, 5) is 28.7. The van der Waals surface area contributed by atoms with Crippen molar-refractivity contribution in [2.45, 2.75) is 19.5 Å². The molecule has 1 unspecified atom stereocenters. The first-order valence-corrected chi connectivity index (χ1v) is 10.9. The number of nitrogens with zero attached hydrogens (tertiary/aromatic N) is 1. The predicted molar refractivity (Wildman–Crippen MR) is 123 cm³/mol. The summed E-state index contributed by atoms with van der Waals surface area (Å²) in [7, 11) is 3.12. The number of hydrogen-bond acceptors (Lipinski definition) is 6. The van der Waals surface area contributed by atoms with E-state index < -0.39 is 17.7 Å². The van der Waals surface area contributed by atoms with Crippen LogP contribution in [0.3, 0.4) is 0 Å². The number of hydrogen-bond donors (Lipinski definition) is 1. The minimum Gasteiger partial charge on any atom is -0.507 e. The average molecular weight is 450 g/mol. The van der Waals surface area contributed by atoms with E-state index in [4.69, 9.17) is 9.47 Å². The maximum absolute atomic E-state index is 13.2. The van der Waals surface area contributed by atoms with Crippen molar-refractivity contribution in [1.82, 2.24) is 4.90 Å². The lowest BCUT2D eigenvalue weighted by Crippen LogP contribution is -2.28. The second-order valence-corrected chi connectivity index (χ2v) is 8.50. The summed E-state index contributed by atoms with van der Waals surface area (Å²) in [6.07, 6.45) is 0. The van der Waals surface area contributed by atoms with Crippen molar-refractivity contribution in [2.75, 3.05) is 14.2 Å². The van der Waals surface area contributed by atoms with Gasteiger partial charge < -0.3 is 19.5 Å². The zero-order valence-corrected chi connectivity index (χ0v) is 18.8. The van der Waals surface area contributed by atoms with Gasteiger partial charge in [0.15, 0.2) is 0 Å². The third kappa shape index (κ3) is 3.87. The Bertz CT molecular complexity index is 1200. The molecule has 3 aromatic rings. The predicted octanol–water partition coefficient (Wildman–Crippen LogP) is 4.70. The highest BCUT2D eigenvalue weighted by Crippen LogP contribution is 2.42. The quantitative estimate of drug-likeness (QED) is 0.336. The van der Waals surface area contributed by atoms with Crippen LogP contribution < -0.4 is 9.47 Å². The summed E-state index contributed by atoms with van der Waals surface area (Å²) in [6, 6.07) is 15.5. The first kappa shape index (κ1) is 21.6. The Hall–Kier alpha value is -3.58. The number of amides is 1. The molecule has 7 heteroatoms. The number of Topliss-reactive ketones (excluding diaryl/α,β-unsaturated/α-hetero) is 1. The molecule has 6 nitrogen and oxygen atoms in total. The van der Waals surface area contributed by atoms with Gasteiger partial charge in [0.2, 0.25) is 0 Å². The van der Waals surface area contributed by atoms with Crippen LogP contribution in [-0.2, 0) is 16.1 Å². The molecule has 1 saturated heterocycles. The number of carbonyl (C=O) groups excluding carboxylic acids is 2. The highest BCUT2D eigenvalue weighted by Gasteiger charge is 2.46. The van der Waals surface area contributed by atoms with Gasteiger partial charge in [-0.25, -0.2) is 0 Å². The molecule has 164 valence electrons. The first-order valence-electron chi connectivity index (χ1n) is 10.0. The number of thiophene rings is 1. The summed E-state index contributed by atoms with van der Waals surface area (Å²) in [5.41, 5.74) is 1.96. The van der Waals surface area contributed by atoms with Crippen molar-refractivity contribution in [2.24, 2.45) is 0 Å². The third-order valence-electron chi connectivity index (χ3n) is 5.54. The Labute approximate surface area is 190 Å². The van der Waals surface area contributed by atoms with Gasteiger partial charge in [0.1, 0.15) is 17.3 Å². The fourth-order valence-electron chi connectivity index (χ4n) is 3.95. The summed E-state index contributed by atoms with van der Waals surface area (Å²) in [6.45, 7) is 2.09. The molecular formula is C25H23NO5S. The van der Waals surface area contributed by atoms with E-state index in [1.54, 1.807) is 50.6 Å². The number of aryl methyl sites for hydroxylation is 1. The van der Waals surface area contributed by atoms with Crippen LogP contribution in [0.2, 0.25) is 0 Å². The largest absolute Gasteiger partial charge is 0.507 e. The van der Waals surface area contributed by atoms with E-state index in [2.05, 4.69) is 0 Å². The van der Waals surface area contributed by atoms with Gasteiger partial charge in [-0.1, -0.05) is 18.2 Å². The van der Waals surface area contributed by atoms with Gasteiger partial charge in [0.25, 0.3) is 11.7 Å². The van der Waals surface area contributed by atoms with Crippen molar-refractivity contribution in [3.8, 4) is 11.5 Å². The number of aliphatic hydroxyl groups excluding tert-OH is 1. The highest BCUT2D eigenvalue weighted by atomic mass is 32.1. The molecule has 0 saturated carbocycles. The molecule has 2 heterocycles. The van der Waals surface area contributed by atoms with Crippen LogP contribution in [0.25, 0.3) is 5.76 Å². The van der Waals surface area contributed by atoms with Crippen LogP contribution in [-0.4, -0.2) is 35.9 Å². The molecular weight excluding hydrogens is 426 g/mol. The molecule has 1 amide bonds. The number of aliphatic hydroxyl groups is 1. The van der Waals surface area contributed by atoms with Gasteiger partial charge in [-0.15, -0.1) is 11.3 Å². The Morgan fingerprint density at radius 1 is 1.03 bits per heavy atom. The summed E-state index contributed by atoms with van der Waals surface area (Å²) in [5, 5.41) is 13.2. The van der Waals surface area contributed by atoms with E-state index in [1.807, 2.05) is 30.5 Å². The Morgan fingerprint density at radius 3 is 2.44 bits per heavy atom. The molecule has 0 radical (unpaired) electrons. The lowest BCUT2D eigenvalue weighted by atomic mass is 9.93. The number of likely N-dealkylation sites (tertiary alicyclic amines) is 1. The number of ether oxygens (including phenoxy) is 2. The molecule has 0 spiro atoms. The summed E-state index contributed by atoms with van der Waals surface area (Å²) in [5.74, 6) is -0.308. The van der Waals surface area contributed by atoms with Gasteiger partial charge in [-0.2, -0.15) is 0 Å². The number of ketones is 1. The van der Waals surface area contributed by atoms with Crippen molar-refractivity contribution < 1.29 is 24.2 Å². The van der Waals surface area contributed by atoms with E-state index in [0.717, 1.165) is 10.4 Å². The number of benzene rings is 2. The van der Waals surface area contributed by atoms with Crippen LogP contribution in [0.4, 0.5) is 0 Å². The molecule has 1 fully saturated rings. The van der Waals surface area contributed by atoms with Crippen molar-refractivity contribution in [3.05, 3.63) is 87.1 Å². The molecule has 1 atom stereocenters. The molecule has 0 bridgehead atoms. The lowest BCUT2D eigenvalue weighted by molar-refractivity contribution is -0.140. The van der Waals surface area contributed by atoms with Crippen LogP contribution in [0.1, 0.15) is 27.6 Å². The fraction of sp³-hybridized carbons (Fsp3) is 0.200. The maximum Gasteiger partial charge on any atom is 0.295 e. The molecule has 1 aromatic heterocycles. The second-order valence-electron chi connectivity index (χ2n) is 7.46. The van der Waals surface area contributed by atoms with E-state index >= 15 is 0 Å². The van der Waals surface area contributed by atoms with Crippen molar-refractivity contribution in [3.63, 3.8) is 0 Å². The van der Waals surface area contributed by atoms with Gasteiger partial charge in [-0.05, 0) is 59.8 Å². The summed E-state index contributed by atoms with van der Waals surface area (Å²) < 4.78 is 10.6. The summed E-state index contributed by atoms with van der Waals surface area (Å²) >= 11 is 1.51. The van der Waals surface area contributed by atoms with E-state index in [0.29, 0.717) is 22.6 Å². The molecule has 32 heavy (non-hydrogen) atoms. The molecule has 2 aromatic carbocycles. The Kier molecular flexibility index (Phi) is 6.01. The minimum atomic E-state index is -0.742. The zero-order valence-electron chi connectivity index (χ0n) is 18.0. The topological polar surface area (TPSA) is 76.1 Å². The van der Waals surface area contributed by atoms with Gasteiger partial charge in [0, 0.05) is 10.4 Å². The van der Waals surface area contributed by atoms with E-state index in [1.165, 1.54) is 16.2 Å². The highest BCUT2D eigenvalue weighted by molar-refractivity contribution is 7.09. The number of rotatable bonds is 6. The molecule has 0 aliphatic carbocycles. The van der Waals surface area contributed by atoms with Crippen LogP contribution >= 0.6 is 11.3 Å². The zero-order chi connectivity index (χ0) is 22.8. The van der Waals surface area contributed by atoms with Gasteiger partial charge in [-0.3, -0.25) is 9.59 Å². The van der Waals surface area contributed by atoms with E-state index in [9.17, 15) is 14.7 Å². The van der Waals surface area contributed by atoms with Crippen molar-refractivity contribution >= 4 is 28.8 Å². The van der Waals surface area contributed by atoms with Crippen LogP contribution in [0.5, 0.6) is 11.5 Å². The number of methoxy groups -OCH3 is 2. The maximum atomic E-state index is 13.2. The standard InChI is InChI=1S/C25H23NO5S/c1-15-12-18(31-3)9-10-20(15)23(27)21-22(16-6-4-7-17(13-16)30-2)26(25(29)24(21)28)14-19-8-5-11-32-19/h4-13,22,27H,14H2,1-3H3/b23-21-. The van der Waals surface area contributed by atoms with Crippen molar-refractivity contribution in [1.29, 1.82) is 0 Å². The second kappa shape index (κ2) is 8.88. The van der Waals surface area contributed by atoms with Crippen LogP contribution in [0.15, 0.2) is 65.6 Å². The normalized spacial score (nSPS) is 17.6. The molecule has 1 N–H and O–H groups in total. The first-order chi connectivity index (χ1) is 15.4. The minimum absolute atomic E-state index is 0.0630. The smallest absolute Gasteiger partial charge is 0.295 e. The molecule has 1 aliphatic heterocycles. The number of carbonyl (C=O) groups is 2. The van der Waals surface area contributed by atoms with Gasteiger partial charge in [0.05, 0.1) is 32.4 Å². The lowest BCUT2D eigenvalue weighted by Gasteiger charge is -2.25.